The number of halogens is 2. The van der Waals surface area contributed by atoms with Gasteiger partial charge >= 0.3 is 0 Å². The average molecular weight is 390 g/mol. The third kappa shape index (κ3) is 4.21. The van der Waals surface area contributed by atoms with Crippen molar-refractivity contribution in [3.05, 3.63) is 69.8 Å². The molecule has 0 saturated heterocycles. The van der Waals surface area contributed by atoms with Crippen molar-refractivity contribution in [2.75, 3.05) is 10.6 Å². The minimum absolute atomic E-state index is 0.533. The summed E-state index contributed by atoms with van der Waals surface area (Å²) in [5, 5.41) is 7.12. The number of nitrogens with zero attached hydrogens (tertiary/aromatic N) is 2. The molecule has 3 aromatic rings. The number of anilines is 4. The van der Waals surface area contributed by atoms with Gasteiger partial charge in [-0.3, -0.25) is 0 Å². The standard InChI is InChI=1S/C17H14BrClN4/c1-11-10-14(6-7-15(11)18)22-17-20-9-8-16(23-17)21-13-4-2-12(19)3-5-13/h2-10H,1H3,(H2,20,21,22,23). The minimum atomic E-state index is 0.533. The molecule has 4 nitrogen and oxygen atoms in total. The van der Waals surface area contributed by atoms with Crippen LogP contribution in [0.3, 0.4) is 0 Å². The molecule has 0 amide bonds. The Bertz CT molecular complexity index is 821. The summed E-state index contributed by atoms with van der Waals surface area (Å²) in [7, 11) is 0. The van der Waals surface area contributed by atoms with Gasteiger partial charge in [-0.15, -0.1) is 0 Å². The number of aromatic nitrogens is 2. The highest BCUT2D eigenvalue weighted by atomic mass is 79.9. The van der Waals surface area contributed by atoms with Gasteiger partial charge in [0.15, 0.2) is 0 Å². The van der Waals surface area contributed by atoms with E-state index >= 15 is 0 Å². The molecule has 3 rings (SSSR count). The van der Waals surface area contributed by atoms with E-state index in [-0.39, 0.29) is 0 Å². The maximum absolute atomic E-state index is 5.89. The van der Waals surface area contributed by atoms with E-state index in [2.05, 4.69) is 36.5 Å². The smallest absolute Gasteiger partial charge is 0.229 e. The quantitative estimate of drug-likeness (QED) is 0.602. The first-order valence-electron chi connectivity index (χ1n) is 6.99. The lowest BCUT2D eigenvalue weighted by Gasteiger charge is -2.09. The highest BCUT2D eigenvalue weighted by Crippen LogP contribution is 2.23. The lowest BCUT2D eigenvalue weighted by atomic mass is 10.2. The third-order valence-electron chi connectivity index (χ3n) is 3.19. The Balaban J connectivity index is 1.76. The molecule has 2 aromatic carbocycles. The van der Waals surface area contributed by atoms with Crippen LogP contribution in [0.25, 0.3) is 0 Å². The van der Waals surface area contributed by atoms with E-state index in [0.29, 0.717) is 16.8 Å². The number of benzene rings is 2. The summed E-state index contributed by atoms with van der Waals surface area (Å²) in [6, 6.07) is 15.3. The topological polar surface area (TPSA) is 49.8 Å². The van der Waals surface area contributed by atoms with Gasteiger partial charge in [-0.25, -0.2) is 4.98 Å². The molecule has 0 aliphatic rings. The monoisotopic (exact) mass is 388 g/mol. The maximum Gasteiger partial charge on any atom is 0.229 e. The second-order valence-electron chi connectivity index (χ2n) is 4.99. The zero-order valence-corrected chi connectivity index (χ0v) is 14.7. The van der Waals surface area contributed by atoms with E-state index in [4.69, 9.17) is 11.6 Å². The number of hydrogen-bond donors (Lipinski definition) is 2. The fraction of sp³-hybridized carbons (Fsp3) is 0.0588. The first-order chi connectivity index (χ1) is 11.1. The van der Waals surface area contributed by atoms with Gasteiger partial charge in [-0.1, -0.05) is 27.5 Å². The molecule has 1 aromatic heterocycles. The van der Waals surface area contributed by atoms with Gasteiger partial charge in [0.05, 0.1) is 0 Å². The molecule has 0 unspecified atom stereocenters. The van der Waals surface area contributed by atoms with Gasteiger partial charge in [0, 0.05) is 27.1 Å². The van der Waals surface area contributed by atoms with Crippen molar-refractivity contribution >= 4 is 50.7 Å². The van der Waals surface area contributed by atoms with Gasteiger partial charge in [0.1, 0.15) is 5.82 Å². The summed E-state index contributed by atoms with van der Waals surface area (Å²) < 4.78 is 1.07. The highest BCUT2D eigenvalue weighted by Gasteiger charge is 2.02. The Morgan fingerprint density at radius 2 is 1.70 bits per heavy atom. The molecule has 0 fully saturated rings. The molecule has 1 heterocycles. The van der Waals surface area contributed by atoms with Crippen LogP contribution < -0.4 is 10.6 Å². The predicted molar refractivity (Wildman–Crippen MR) is 98.9 cm³/mol. The van der Waals surface area contributed by atoms with E-state index in [0.717, 1.165) is 21.4 Å². The Labute approximate surface area is 148 Å². The summed E-state index contributed by atoms with van der Waals surface area (Å²) in [6.07, 6.45) is 1.71. The van der Waals surface area contributed by atoms with E-state index in [1.165, 1.54) is 0 Å². The van der Waals surface area contributed by atoms with Crippen molar-refractivity contribution in [3.8, 4) is 0 Å². The minimum Gasteiger partial charge on any atom is -0.340 e. The summed E-state index contributed by atoms with van der Waals surface area (Å²) in [5.41, 5.74) is 3.00. The zero-order chi connectivity index (χ0) is 16.2. The van der Waals surface area contributed by atoms with E-state index < -0.39 is 0 Å². The molecule has 0 atom stereocenters. The number of nitrogens with one attached hydrogen (secondary N) is 2. The van der Waals surface area contributed by atoms with E-state index in [1.807, 2.05) is 55.5 Å². The van der Waals surface area contributed by atoms with Gasteiger partial charge in [-0.05, 0) is 61.0 Å². The lowest BCUT2D eigenvalue weighted by Crippen LogP contribution is -2.00. The van der Waals surface area contributed by atoms with Crippen molar-refractivity contribution in [2.45, 2.75) is 6.92 Å². The van der Waals surface area contributed by atoms with Crippen LogP contribution >= 0.6 is 27.5 Å². The van der Waals surface area contributed by atoms with E-state index in [1.54, 1.807) is 6.20 Å². The van der Waals surface area contributed by atoms with Gasteiger partial charge in [0.2, 0.25) is 5.95 Å². The summed E-state index contributed by atoms with van der Waals surface area (Å²) in [4.78, 5) is 8.71. The fourth-order valence-electron chi connectivity index (χ4n) is 2.02. The Hall–Kier alpha value is -2.11. The first kappa shape index (κ1) is 15.8. The van der Waals surface area contributed by atoms with Crippen molar-refractivity contribution in [1.82, 2.24) is 9.97 Å². The molecule has 0 spiro atoms. The van der Waals surface area contributed by atoms with Crippen molar-refractivity contribution in [1.29, 1.82) is 0 Å². The van der Waals surface area contributed by atoms with Crippen LogP contribution in [0.2, 0.25) is 5.02 Å². The molecular formula is C17H14BrClN4. The highest BCUT2D eigenvalue weighted by molar-refractivity contribution is 9.10. The van der Waals surface area contributed by atoms with Crippen LogP contribution in [-0.4, -0.2) is 9.97 Å². The summed E-state index contributed by atoms with van der Waals surface area (Å²) in [6.45, 7) is 2.04. The van der Waals surface area contributed by atoms with Crippen molar-refractivity contribution < 1.29 is 0 Å². The zero-order valence-electron chi connectivity index (χ0n) is 12.3. The lowest BCUT2D eigenvalue weighted by molar-refractivity contribution is 1.16. The van der Waals surface area contributed by atoms with Gasteiger partial charge in [-0.2, -0.15) is 4.98 Å². The van der Waals surface area contributed by atoms with Crippen molar-refractivity contribution in [2.24, 2.45) is 0 Å². The largest absolute Gasteiger partial charge is 0.340 e. The second-order valence-corrected chi connectivity index (χ2v) is 6.28. The molecule has 116 valence electrons. The number of hydrogen-bond acceptors (Lipinski definition) is 4. The molecule has 0 aliphatic carbocycles. The van der Waals surface area contributed by atoms with Gasteiger partial charge < -0.3 is 10.6 Å². The molecule has 2 N–H and O–H groups in total. The first-order valence-corrected chi connectivity index (χ1v) is 8.16. The molecule has 0 aliphatic heterocycles. The Kier molecular flexibility index (Phi) is 4.79. The number of aryl methyl sites for hydroxylation is 1. The molecule has 23 heavy (non-hydrogen) atoms. The van der Waals surface area contributed by atoms with Crippen LogP contribution in [0.1, 0.15) is 5.56 Å². The maximum atomic E-state index is 5.89. The van der Waals surface area contributed by atoms with Crippen LogP contribution in [0.15, 0.2) is 59.2 Å². The second kappa shape index (κ2) is 6.98. The normalized spacial score (nSPS) is 10.4. The van der Waals surface area contributed by atoms with Crippen LogP contribution in [0, 0.1) is 6.92 Å². The Morgan fingerprint density at radius 3 is 2.43 bits per heavy atom. The SMILES string of the molecule is Cc1cc(Nc2nccc(Nc3ccc(Cl)cc3)n2)ccc1Br. The molecule has 6 heteroatoms. The average Bonchev–Trinajstić information content (AvgIpc) is 2.54. The molecule has 0 saturated carbocycles. The number of rotatable bonds is 4. The molecule has 0 radical (unpaired) electrons. The van der Waals surface area contributed by atoms with Crippen LogP contribution in [0.5, 0.6) is 0 Å². The predicted octanol–water partition coefficient (Wildman–Crippen LogP) is 5.69. The van der Waals surface area contributed by atoms with E-state index in [9.17, 15) is 0 Å². The van der Waals surface area contributed by atoms with Crippen LogP contribution in [0.4, 0.5) is 23.1 Å². The Morgan fingerprint density at radius 1 is 0.957 bits per heavy atom. The fourth-order valence-corrected chi connectivity index (χ4v) is 2.39. The van der Waals surface area contributed by atoms with Gasteiger partial charge in [0.25, 0.3) is 0 Å². The van der Waals surface area contributed by atoms with Crippen molar-refractivity contribution in [3.63, 3.8) is 0 Å². The van der Waals surface area contributed by atoms with Crippen LogP contribution in [-0.2, 0) is 0 Å². The summed E-state index contributed by atoms with van der Waals surface area (Å²) in [5.74, 6) is 1.24. The molecular weight excluding hydrogens is 376 g/mol. The third-order valence-corrected chi connectivity index (χ3v) is 4.33. The summed E-state index contributed by atoms with van der Waals surface area (Å²) >= 11 is 9.38. The molecule has 0 bridgehead atoms.